The molecule has 0 amide bonds. The van der Waals surface area contributed by atoms with Crippen molar-refractivity contribution in [1.29, 1.82) is 0 Å². The van der Waals surface area contributed by atoms with Crippen LogP contribution in [0.5, 0.6) is 0 Å². The summed E-state index contributed by atoms with van der Waals surface area (Å²) in [5.74, 6) is -1.49. The molecule has 0 aliphatic carbocycles. The number of hydrogen-bond acceptors (Lipinski definition) is 5. The monoisotopic (exact) mass is 457 g/mol. The molecular formula is C29H31NO4. The number of rotatable bonds is 9. The van der Waals surface area contributed by atoms with Crippen molar-refractivity contribution >= 4 is 17.7 Å². The molecule has 3 aromatic rings. The zero-order valence-corrected chi connectivity index (χ0v) is 20.2. The van der Waals surface area contributed by atoms with Crippen LogP contribution < -0.4 is 0 Å². The third-order valence-electron chi connectivity index (χ3n) is 5.92. The van der Waals surface area contributed by atoms with Crippen LogP contribution in [0.25, 0.3) is 0 Å². The van der Waals surface area contributed by atoms with Crippen molar-refractivity contribution in [3.63, 3.8) is 0 Å². The predicted molar refractivity (Wildman–Crippen MR) is 134 cm³/mol. The number of hydrogen-bond donors (Lipinski definition) is 0. The standard InChI is InChI=1S/C29H31NO4/c1-5-33-26(31)29(27(32)34-6-2,28(3,4)24-20-14-9-15-21-24)30-25(22-16-10-7-11-17-22)23-18-12-8-13-19-23/h7-21H,5-6H2,1-4H3. The van der Waals surface area contributed by atoms with Crippen LogP contribution >= 0.6 is 0 Å². The average molecular weight is 458 g/mol. The highest BCUT2D eigenvalue weighted by atomic mass is 16.6. The summed E-state index contributed by atoms with van der Waals surface area (Å²) >= 11 is 0. The lowest BCUT2D eigenvalue weighted by Gasteiger charge is -2.40. The summed E-state index contributed by atoms with van der Waals surface area (Å²) in [6.07, 6.45) is 0. The molecule has 5 nitrogen and oxygen atoms in total. The van der Waals surface area contributed by atoms with Gasteiger partial charge in [0.15, 0.2) is 0 Å². The van der Waals surface area contributed by atoms with Crippen LogP contribution in [0.2, 0.25) is 0 Å². The first-order chi connectivity index (χ1) is 16.4. The Bertz CT molecular complexity index is 1060. The minimum atomic E-state index is -1.98. The van der Waals surface area contributed by atoms with Gasteiger partial charge >= 0.3 is 11.9 Å². The maximum atomic E-state index is 13.8. The topological polar surface area (TPSA) is 65.0 Å². The van der Waals surface area contributed by atoms with Crippen LogP contribution in [0, 0.1) is 0 Å². The smallest absolute Gasteiger partial charge is 0.346 e. The minimum Gasteiger partial charge on any atom is -0.464 e. The number of carbonyl (C=O) groups excluding carboxylic acids is 2. The first-order valence-corrected chi connectivity index (χ1v) is 11.5. The fourth-order valence-corrected chi connectivity index (χ4v) is 4.01. The van der Waals surface area contributed by atoms with Gasteiger partial charge in [0, 0.05) is 16.5 Å². The number of ether oxygens (including phenoxy) is 2. The first kappa shape index (κ1) is 24.9. The van der Waals surface area contributed by atoms with Gasteiger partial charge in [-0.1, -0.05) is 105 Å². The summed E-state index contributed by atoms with van der Waals surface area (Å²) in [5.41, 5.74) is -0.263. The van der Waals surface area contributed by atoms with Gasteiger partial charge in [-0.25, -0.2) is 9.59 Å². The van der Waals surface area contributed by atoms with Gasteiger partial charge in [0.2, 0.25) is 0 Å². The van der Waals surface area contributed by atoms with Crippen LogP contribution in [0.3, 0.4) is 0 Å². The number of carbonyl (C=O) groups is 2. The highest BCUT2D eigenvalue weighted by Gasteiger charge is 2.61. The second-order valence-electron chi connectivity index (χ2n) is 8.33. The molecule has 0 saturated heterocycles. The van der Waals surface area contributed by atoms with Crippen molar-refractivity contribution in [2.75, 3.05) is 13.2 Å². The number of benzene rings is 3. The van der Waals surface area contributed by atoms with E-state index in [4.69, 9.17) is 14.5 Å². The van der Waals surface area contributed by atoms with Gasteiger partial charge in [0.1, 0.15) is 0 Å². The van der Waals surface area contributed by atoms with Crippen LogP contribution in [0.15, 0.2) is 96.0 Å². The zero-order chi connectivity index (χ0) is 24.6. The minimum absolute atomic E-state index is 0.104. The number of aliphatic imine (C=N–C) groups is 1. The van der Waals surface area contributed by atoms with Crippen molar-refractivity contribution in [3.8, 4) is 0 Å². The number of nitrogens with zero attached hydrogens (tertiary/aromatic N) is 1. The Hall–Kier alpha value is -3.73. The molecule has 0 heterocycles. The van der Waals surface area contributed by atoms with Gasteiger partial charge in [-0.3, -0.25) is 4.99 Å². The molecule has 0 bridgehead atoms. The molecule has 0 aliphatic rings. The van der Waals surface area contributed by atoms with Gasteiger partial charge in [0.25, 0.3) is 5.54 Å². The first-order valence-electron chi connectivity index (χ1n) is 11.5. The van der Waals surface area contributed by atoms with E-state index in [9.17, 15) is 9.59 Å². The van der Waals surface area contributed by atoms with Gasteiger partial charge in [-0.05, 0) is 19.4 Å². The predicted octanol–water partition coefficient (Wildman–Crippen LogP) is 5.37. The number of esters is 2. The maximum Gasteiger partial charge on any atom is 0.346 e. The Balaban J connectivity index is 2.42. The van der Waals surface area contributed by atoms with Crippen molar-refractivity contribution in [2.45, 2.75) is 38.6 Å². The third-order valence-corrected chi connectivity index (χ3v) is 5.92. The molecule has 0 spiro atoms. The largest absolute Gasteiger partial charge is 0.464 e. The van der Waals surface area contributed by atoms with Crippen molar-refractivity contribution in [1.82, 2.24) is 0 Å². The van der Waals surface area contributed by atoms with Crippen molar-refractivity contribution in [3.05, 3.63) is 108 Å². The molecule has 0 aliphatic heterocycles. The summed E-state index contributed by atoms with van der Waals surface area (Å²) in [4.78, 5) is 32.5. The molecule has 5 heteroatoms. The van der Waals surface area contributed by atoms with Gasteiger partial charge in [0.05, 0.1) is 18.9 Å². The van der Waals surface area contributed by atoms with E-state index in [1.54, 1.807) is 13.8 Å². The summed E-state index contributed by atoms with van der Waals surface area (Å²) in [7, 11) is 0. The molecule has 0 atom stereocenters. The van der Waals surface area contributed by atoms with E-state index < -0.39 is 22.9 Å². The van der Waals surface area contributed by atoms with E-state index in [-0.39, 0.29) is 13.2 Å². The van der Waals surface area contributed by atoms with E-state index in [1.165, 1.54) is 0 Å². The Morgan fingerprint density at radius 2 is 1.06 bits per heavy atom. The molecule has 0 unspecified atom stereocenters. The van der Waals surface area contributed by atoms with E-state index in [1.807, 2.05) is 105 Å². The van der Waals surface area contributed by atoms with Crippen LogP contribution in [0.1, 0.15) is 44.4 Å². The lowest BCUT2D eigenvalue weighted by Crippen LogP contribution is -2.60. The molecule has 3 rings (SSSR count). The molecule has 0 saturated carbocycles. The normalized spacial score (nSPS) is 11.4. The van der Waals surface area contributed by atoms with Gasteiger partial charge in [-0.2, -0.15) is 0 Å². The van der Waals surface area contributed by atoms with Crippen molar-refractivity contribution in [2.24, 2.45) is 4.99 Å². The van der Waals surface area contributed by atoms with Crippen molar-refractivity contribution < 1.29 is 19.1 Å². The fraction of sp³-hybridized carbons (Fsp3) is 0.276. The van der Waals surface area contributed by atoms with E-state index >= 15 is 0 Å². The molecule has 0 aromatic heterocycles. The van der Waals surface area contributed by atoms with Crippen LogP contribution in [0.4, 0.5) is 0 Å². The molecular weight excluding hydrogens is 426 g/mol. The Morgan fingerprint density at radius 1 is 0.676 bits per heavy atom. The van der Waals surface area contributed by atoms with Crippen LogP contribution in [-0.2, 0) is 24.5 Å². The molecule has 0 radical (unpaired) electrons. The molecule has 0 N–H and O–H groups in total. The Labute approximate surface area is 201 Å². The second kappa shape index (κ2) is 10.9. The summed E-state index contributed by atoms with van der Waals surface area (Å²) in [6, 6.07) is 28.4. The second-order valence-corrected chi connectivity index (χ2v) is 8.33. The molecule has 0 fully saturated rings. The van der Waals surface area contributed by atoms with Crippen LogP contribution in [-0.4, -0.2) is 36.4 Å². The molecule has 176 valence electrons. The Morgan fingerprint density at radius 3 is 1.44 bits per heavy atom. The van der Waals surface area contributed by atoms with E-state index in [0.29, 0.717) is 5.71 Å². The summed E-state index contributed by atoms with van der Waals surface area (Å²) in [5, 5.41) is 0. The zero-order valence-electron chi connectivity index (χ0n) is 20.2. The Kier molecular flexibility index (Phi) is 8.00. The van der Waals surface area contributed by atoms with E-state index in [2.05, 4.69) is 0 Å². The average Bonchev–Trinajstić information content (AvgIpc) is 2.86. The van der Waals surface area contributed by atoms with Gasteiger partial charge < -0.3 is 9.47 Å². The third kappa shape index (κ3) is 4.79. The molecule has 34 heavy (non-hydrogen) atoms. The highest BCUT2D eigenvalue weighted by Crippen LogP contribution is 2.41. The molecule has 3 aromatic carbocycles. The maximum absolute atomic E-state index is 13.8. The highest BCUT2D eigenvalue weighted by molar-refractivity contribution is 6.17. The van der Waals surface area contributed by atoms with Gasteiger partial charge in [-0.15, -0.1) is 0 Å². The quantitative estimate of drug-likeness (QED) is 0.246. The fourth-order valence-electron chi connectivity index (χ4n) is 4.01. The van der Waals surface area contributed by atoms with E-state index in [0.717, 1.165) is 16.7 Å². The SMILES string of the molecule is CCOC(=O)C(N=C(c1ccccc1)c1ccccc1)(C(=O)OCC)C(C)(C)c1ccccc1. The lowest BCUT2D eigenvalue weighted by molar-refractivity contribution is -0.167. The summed E-state index contributed by atoms with van der Waals surface area (Å²) < 4.78 is 11.0. The summed E-state index contributed by atoms with van der Waals surface area (Å²) in [6.45, 7) is 7.28. The lowest BCUT2D eigenvalue weighted by atomic mass is 9.67.